The third-order valence-electron chi connectivity index (χ3n) is 4.72. The molecular weight excluding hydrogens is 266 g/mol. The van der Waals surface area contributed by atoms with Crippen molar-refractivity contribution in [2.24, 2.45) is 11.3 Å². The number of hydrogen-bond donors (Lipinski definition) is 0. The van der Waals surface area contributed by atoms with Gasteiger partial charge < -0.3 is 14.4 Å². The molecule has 2 fully saturated rings. The Morgan fingerprint density at radius 2 is 2.05 bits per heavy atom. The zero-order chi connectivity index (χ0) is 14.9. The van der Waals surface area contributed by atoms with Crippen LogP contribution in [-0.4, -0.2) is 38.1 Å². The van der Waals surface area contributed by atoms with Gasteiger partial charge in [-0.15, -0.1) is 0 Å². The lowest BCUT2D eigenvalue weighted by molar-refractivity contribution is -0.131. The van der Waals surface area contributed by atoms with Crippen LogP contribution in [0.15, 0.2) is 24.3 Å². The SMILES string of the molecule is COc1ccccc1OCCCN(C)C(=O)C1CC12CC2. The molecule has 0 aromatic heterocycles. The summed E-state index contributed by atoms with van der Waals surface area (Å²) in [7, 11) is 3.54. The number of ether oxygens (including phenoxy) is 2. The Morgan fingerprint density at radius 3 is 2.67 bits per heavy atom. The summed E-state index contributed by atoms with van der Waals surface area (Å²) in [5, 5.41) is 0. The van der Waals surface area contributed by atoms with Gasteiger partial charge in [0.15, 0.2) is 11.5 Å². The number of amides is 1. The molecule has 1 amide bonds. The van der Waals surface area contributed by atoms with E-state index in [1.165, 1.54) is 12.8 Å². The minimum absolute atomic E-state index is 0.317. The van der Waals surface area contributed by atoms with Crippen molar-refractivity contribution in [1.29, 1.82) is 0 Å². The van der Waals surface area contributed by atoms with Crippen LogP contribution < -0.4 is 9.47 Å². The quantitative estimate of drug-likeness (QED) is 0.724. The summed E-state index contributed by atoms with van der Waals surface area (Å²) in [5.41, 5.74) is 0.444. The fraction of sp³-hybridized carbons (Fsp3) is 0.588. The van der Waals surface area contributed by atoms with E-state index in [1.54, 1.807) is 7.11 Å². The molecule has 4 heteroatoms. The van der Waals surface area contributed by atoms with Gasteiger partial charge in [-0.05, 0) is 43.2 Å². The maximum atomic E-state index is 12.2. The Labute approximate surface area is 126 Å². The van der Waals surface area contributed by atoms with E-state index in [4.69, 9.17) is 9.47 Å². The Kier molecular flexibility index (Phi) is 3.79. The summed E-state index contributed by atoms with van der Waals surface area (Å²) in [6, 6.07) is 7.62. The highest BCUT2D eigenvalue weighted by atomic mass is 16.5. The van der Waals surface area contributed by atoms with E-state index in [0.717, 1.165) is 30.9 Å². The lowest BCUT2D eigenvalue weighted by Gasteiger charge is -2.17. The minimum atomic E-state index is 0.317. The summed E-state index contributed by atoms with van der Waals surface area (Å²) < 4.78 is 11.0. The average molecular weight is 289 g/mol. The molecule has 1 unspecified atom stereocenters. The third-order valence-corrected chi connectivity index (χ3v) is 4.72. The van der Waals surface area contributed by atoms with E-state index in [0.29, 0.717) is 23.8 Å². The van der Waals surface area contributed by atoms with Crippen LogP contribution in [0.25, 0.3) is 0 Å². The molecule has 0 N–H and O–H groups in total. The third kappa shape index (κ3) is 2.99. The topological polar surface area (TPSA) is 38.8 Å². The predicted molar refractivity (Wildman–Crippen MR) is 80.5 cm³/mol. The molecule has 0 bridgehead atoms. The van der Waals surface area contributed by atoms with E-state index >= 15 is 0 Å². The maximum Gasteiger partial charge on any atom is 0.226 e. The molecule has 0 heterocycles. The summed E-state index contributed by atoms with van der Waals surface area (Å²) in [6.45, 7) is 1.34. The number of hydrogen-bond acceptors (Lipinski definition) is 3. The van der Waals surface area contributed by atoms with Gasteiger partial charge in [0.1, 0.15) is 0 Å². The molecule has 0 aliphatic heterocycles. The van der Waals surface area contributed by atoms with Gasteiger partial charge in [-0.25, -0.2) is 0 Å². The van der Waals surface area contributed by atoms with Gasteiger partial charge in [-0.1, -0.05) is 12.1 Å². The number of methoxy groups -OCH3 is 1. The first-order valence-electron chi connectivity index (χ1n) is 7.67. The molecular formula is C17H23NO3. The lowest BCUT2D eigenvalue weighted by Crippen LogP contribution is -2.30. The van der Waals surface area contributed by atoms with E-state index in [2.05, 4.69) is 0 Å². The molecule has 1 aromatic rings. The van der Waals surface area contributed by atoms with Crippen LogP contribution in [-0.2, 0) is 4.79 Å². The van der Waals surface area contributed by atoms with Gasteiger partial charge in [0, 0.05) is 19.5 Å². The Bertz CT molecular complexity index is 525. The van der Waals surface area contributed by atoms with Crippen molar-refractivity contribution >= 4 is 5.91 Å². The zero-order valence-electron chi connectivity index (χ0n) is 12.8. The zero-order valence-corrected chi connectivity index (χ0v) is 12.8. The first-order chi connectivity index (χ1) is 10.2. The molecule has 1 spiro atoms. The van der Waals surface area contributed by atoms with Crippen LogP contribution in [0.1, 0.15) is 25.7 Å². The Balaban J connectivity index is 1.39. The maximum absolute atomic E-state index is 12.2. The predicted octanol–water partition coefficient (Wildman–Crippen LogP) is 2.72. The van der Waals surface area contributed by atoms with Gasteiger partial charge in [0.2, 0.25) is 5.91 Å². The van der Waals surface area contributed by atoms with Crippen LogP contribution in [0.2, 0.25) is 0 Å². The van der Waals surface area contributed by atoms with Gasteiger partial charge in [0.05, 0.1) is 13.7 Å². The first kappa shape index (κ1) is 14.2. The summed E-state index contributed by atoms with van der Waals surface area (Å²) in [4.78, 5) is 14.1. The molecule has 21 heavy (non-hydrogen) atoms. The molecule has 0 radical (unpaired) electrons. The van der Waals surface area contributed by atoms with Crippen molar-refractivity contribution in [2.45, 2.75) is 25.7 Å². The van der Waals surface area contributed by atoms with Crippen molar-refractivity contribution in [3.63, 3.8) is 0 Å². The van der Waals surface area contributed by atoms with Crippen LogP contribution in [0.5, 0.6) is 11.5 Å². The number of rotatable bonds is 7. The van der Waals surface area contributed by atoms with Gasteiger partial charge in [-0.2, -0.15) is 0 Å². The standard InChI is InChI=1S/C17H23NO3/c1-18(16(19)13-12-17(13)8-9-17)10-5-11-21-15-7-4-3-6-14(15)20-2/h3-4,6-7,13H,5,8-12H2,1-2H3. The van der Waals surface area contributed by atoms with E-state index in [1.807, 2.05) is 36.2 Å². The van der Waals surface area contributed by atoms with E-state index in [9.17, 15) is 4.79 Å². The molecule has 0 saturated heterocycles. The molecule has 3 rings (SSSR count). The molecule has 2 aliphatic rings. The summed E-state index contributed by atoms with van der Waals surface area (Å²) in [6.07, 6.45) is 4.47. The minimum Gasteiger partial charge on any atom is -0.493 e. The number of nitrogens with zero attached hydrogens (tertiary/aromatic N) is 1. The molecule has 1 atom stereocenters. The smallest absolute Gasteiger partial charge is 0.226 e. The van der Waals surface area contributed by atoms with Crippen LogP contribution in [0, 0.1) is 11.3 Å². The van der Waals surface area contributed by atoms with Gasteiger partial charge in [0.25, 0.3) is 0 Å². The summed E-state index contributed by atoms with van der Waals surface area (Å²) in [5.74, 6) is 2.14. The lowest BCUT2D eigenvalue weighted by atomic mass is 10.2. The number of carbonyl (C=O) groups is 1. The second kappa shape index (κ2) is 5.58. The fourth-order valence-corrected chi connectivity index (χ4v) is 3.01. The molecule has 4 nitrogen and oxygen atoms in total. The van der Waals surface area contributed by atoms with Crippen LogP contribution in [0.3, 0.4) is 0 Å². The monoisotopic (exact) mass is 289 g/mol. The Morgan fingerprint density at radius 1 is 1.33 bits per heavy atom. The van der Waals surface area contributed by atoms with Crippen molar-refractivity contribution in [1.82, 2.24) is 4.90 Å². The molecule has 1 aromatic carbocycles. The fourth-order valence-electron chi connectivity index (χ4n) is 3.01. The Hall–Kier alpha value is -1.71. The van der Waals surface area contributed by atoms with Gasteiger partial charge in [-0.3, -0.25) is 4.79 Å². The first-order valence-corrected chi connectivity index (χ1v) is 7.67. The van der Waals surface area contributed by atoms with Crippen molar-refractivity contribution in [3.05, 3.63) is 24.3 Å². The van der Waals surface area contributed by atoms with Crippen LogP contribution >= 0.6 is 0 Å². The number of carbonyl (C=O) groups excluding carboxylic acids is 1. The average Bonchev–Trinajstić information content (AvgIpc) is 3.43. The highest BCUT2D eigenvalue weighted by Crippen LogP contribution is 2.70. The molecule has 2 aliphatic carbocycles. The van der Waals surface area contributed by atoms with E-state index < -0.39 is 0 Å². The number of benzene rings is 1. The van der Waals surface area contributed by atoms with Crippen LogP contribution in [0.4, 0.5) is 0 Å². The second-order valence-electron chi connectivity index (χ2n) is 6.23. The second-order valence-corrected chi connectivity index (χ2v) is 6.23. The van der Waals surface area contributed by atoms with Crippen molar-refractivity contribution in [2.75, 3.05) is 27.3 Å². The highest BCUT2D eigenvalue weighted by Gasteiger charge is 2.66. The van der Waals surface area contributed by atoms with Gasteiger partial charge >= 0.3 is 0 Å². The highest BCUT2D eigenvalue weighted by molar-refractivity contribution is 5.83. The normalized spacial score (nSPS) is 21.0. The molecule has 114 valence electrons. The number of para-hydroxylation sites is 2. The van der Waals surface area contributed by atoms with Crippen molar-refractivity contribution < 1.29 is 14.3 Å². The largest absolute Gasteiger partial charge is 0.493 e. The van der Waals surface area contributed by atoms with E-state index in [-0.39, 0.29) is 0 Å². The molecule has 2 saturated carbocycles. The van der Waals surface area contributed by atoms with Crippen molar-refractivity contribution in [3.8, 4) is 11.5 Å². The summed E-state index contributed by atoms with van der Waals surface area (Å²) >= 11 is 0.